The van der Waals surface area contributed by atoms with E-state index in [1.807, 2.05) is 11.8 Å². The lowest BCUT2D eigenvalue weighted by Crippen LogP contribution is -2.31. The Hall–Kier alpha value is -0.220. The number of hydrogen-bond acceptors (Lipinski definition) is 3. The van der Waals surface area contributed by atoms with Crippen LogP contribution in [0.25, 0.3) is 0 Å². The molecule has 1 fully saturated rings. The number of piperidine rings is 1. The predicted octanol–water partition coefficient (Wildman–Crippen LogP) is 2.03. The van der Waals surface area contributed by atoms with Gasteiger partial charge in [0, 0.05) is 13.0 Å². The van der Waals surface area contributed by atoms with Crippen molar-refractivity contribution in [2.75, 3.05) is 31.1 Å². The van der Waals surface area contributed by atoms with Crippen LogP contribution in [0.1, 0.15) is 39.0 Å². The number of carbonyl (C=O) groups excluding carboxylic acids is 1. The van der Waals surface area contributed by atoms with Crippen molar-refractivity contribution in [1.82, 2.24) is 10.6 Å². The minimum atomic E-state index is 0.233. The van der Waals surface area contributed by atoms with Crippen LogP contribution in [-0.2, 0) is 4.79 Å². The molecule has 17 heavy (non-hydrogen) atoms. The maximum atomic E-state index is 11.6. The first-order chi connectivity index (χ1) is 8.33. The molecular formula is C13H26N2OS. The maximum absolute atomic E-state index is 11.6. The summed E-state index contributed by atoms with van der Waals surface area (Å²) < 4.78 is 0. The molecule has 0 radical (unpaired) electrons. The second-order valence-corrected chi connectivity index (χ2v) is 6.05. The van der Waals surface area contributed by atoms with E-state index in [0.29, 0.717) is 12.3 Å². The summed E-state index contributed by atoms with van der Waals surface area (Å²) in [6.45, 7) is 5.26. The molecule has 0 aromatic carbocycles. The first-order valence-corrected chi connectivity index (χ1v) is 8.03. The molecule has 0 aromatic heterocycles. The van der Waals surface area contributed by atoms with E-state index in [-0.39, 0.29) is 5.91 Å². The van der Waals surface area contributed by atoms with Crippen LogP contribution in [0.2, 0.25) is 0 Å². The summed E-state index contributed by atoms with van der Waals surface area (Å²) in [7, 11) is 0. The van der Waals surface area contributed by atoms with Crippen molar-refractivity contribution in [3.63, 3.8) is 0 Å². The van der Waals surface area contributed by atoms with E-state index < -0.39 is 0 Å². The summed E-state index contributed by atoms with van der Waals surface area (Å²) in [5, 5.41) is 6.40. The zero-order chi connectivity index (χ0) is 12.3. The van der Waals surface area contributed by atoms with Crippen LogP contribution < -0.4 is 10.6 Å². The first-order valence-electron chi connectivity index (χ1n) is 6.88. The van der Waals surface area contributed by atoms with Crippen molar-refractivity contribution in [3.8, 4) is 0 Å². The van der Waals surface area contributed by atoms with Crippen LogP contribution in [0.5, 0.6) is 0 Å². The summed E-state index contributed by atoms with van der Waals surface area (Å²) in [5.41, 5.74) is 0. The molecule has 0 spiro atoms. The van der Waals surface area contributed by atoms with Crippen LogP contribution in [0, 0.1) is 5.92 Å². The first kappa shape index (κ1) is 14.8. The molecule has 1 heterocycles. The summed E-state index contributed by atoms with van der Waals surface area (Å²) in [6, 6.07) is 0. The third-order valence-electron chi connectivity index (χ3n) is 3.17. The number of carbonyl (C=O) groups is 1. The van der Waals surface area contributed by atoms with Crippen molar-refractivity contribution >= 4 is 17.7 Å². The molecule has 4 heteroatoms. The minimum absolute atomic E-state index is 0.233. The average molecular weight is 258 g/mol. The minimum Gasteiger partial charge on any atom is -0.356 e. The summed E-state index contributed by atoms with van der Waals surface area (Å²) in [6.07, 6.45) is 5.39. The van der Waals surface area contributed by atoms with Gasteiger partial charge in [-0.25, -0.2) is 0 Å². The van der Waals surface area contributed by atoms with Gasteiger partial charge in [-0.3, -0.25) is 4.79 Å². The number of amides is 1. The molecular weight excluding hydrogens is 232 g/mol. The van der Waals surface area contributed by atoms with E-state index >= 15 is 0 Å². The Labute approximate surface area is 109 Å². The van der Waals surface area contributed by atoms with E-state index in [1.54, 1.807) is 0 Å². The lowest BCUT2D eigenvalue weighted by atomic mass is 9.94. The van der Waals surface area contributed by atoms with Crippen molar-refractivity contribution in [2.45, 2.75) is 39.0 Å². The highest BCUT2D eigenvalue weighted by molar-refractivity contribution is 7.99. The Kier molecular flexibility index (Phi) is 8.53. The highest BCUT2D eigenvalue weighted by Crippen LogP contribution is 2.15. The van der Waals surface area contributed by atoms with E-state index in [1.165, 1.54) is 18.6 Å². The quantitative estimate of drug-likeness (QED) is 0.655. The molecule has 1 rings (SSSR count). The molecule has 1 unspecified atom stereocenters. The van der Waals surface area contributed by atoms with Gasteiger partial charge in [0.25, 0.3) is 0 Å². The molecule has 100 valence electrons. The van der Waals surface area contributed by atoms with E-state index in [2.05, 4.69) is 17.6 Å². The van der Waals surface area contributed by atoms with Crippen LogP contribution in [-0.4, -0.2) is 37.0 Å². The molecule has 3 nitrogen and oxygen atoms in total. The normalized spacial score (nSPS) is 20.2. The fraction of sp³-hybridized carbons (Fsp3) is 0.923. The zero-order valence-corrected chi connectivity index (χ0v) is 11.8. The fourth-order valence-electron chi connectivity index (χ4n) is 2.14. The Bertz CT molecular complexity index is 206. The van der Waals surface area contributed by atoms with Gasteiger partial charge in [-0.15, -0.1) is 0 Å². The summed E-state index contributed by atoms with van der Waals surface area (Å²) >= 11 is 1.94. The van der Waals surface area contributed by atoms with Gasteiger partial charge >= 0.3 is 0 Å². The topological polar surface area (TPSA) is 41.1 Å². The highest BCUT2D eigenvalue weighted by Gasteiger charge is 2.13. The predicted molar refractivity (Wildman–Crippen MR) is 75.5 cm³/mol. The Morgan fingerprint density at radius 3 is 3.12 bits per heavy atom. The molecule has 2 N–H and O–H groups in total. The smallest absolute Gasteiger partial charge is 0.220 e. The number of thioether (sulfide) groups is 1. The number of rotatable bonds is 8. The van der Waals surface area contributed by atoms with Gasteiger partial charge in [0.1, 0.15) is 0 Å². The van der Waals surface area contributed by atoms with E-state index in [9.17, 15) is 4.79 Å². The van der Waals surface area contributed by atoms with E-state index in [0.717, 1.165) is 38.2 Å². The second-order valence-electron chi connectivity index (χ2n) is 4.65. The molecule has 0 aromatic rings. The SMILES string of the molecule is CCSCCCNC(=O)CCC1CCCNC1. The Morgan fingerprint density at radius 2 is 2.41 bits per heavy atom. The summed E-state index contributed by atoms with van der Waals surface area (Å²) in [4.78, 5) is 11.6. The molecule has 1 aliphatic rings. The third-order valence-corrected chi connectivity index (χ3v) is 4.16. The Balaban J connectivity index is 1.93. The van der Waals surface area contributed by atoms with E-state index in [4.69, 9.17) is 0 Å². The molecule has 1 aliphatic heterocycles. The number of nitrogens with one attached hydrogen (secondary N) is 2. The number of hydrogen-bond donors (Lipinski definition) is 2. The Morgan fingerprint density at radius 1 is 1.53 bits per heavy atom. The molecule has 0 bridgehead atoms. The van der Waals surface area contributed by atoms with Gasteiger partial charge in [-0.05, 0) is 56.2 Å². The van der Waals surface area contributed by atoms with Gasteiger partial charge in [0.15, 0.2) is 0 Å². The monoisotopic (exact) mass is 258 g/mol. The van der Waals surface area contributed by atoms with Gasteiger partial charge in [0.05, 0.1) is 0 Å². The molecule has 1 saturated heterocycles. The van der Waals surface area contributed by atoms with Gasteiger partial charge in [-0.1, -0.05) is 6.92 Å². The molecule has 1 atom stereocenters. The van der Waals surface area contributed by atoms with Crippen LogP contribution in [0.15, 0.2) is 0 Å². The van der Waals surface area contributed by atoms with Crippen LogP contribution >= 0.6 is 11.8 Å². The van der Waals surface area contributed by atoms with Gasteiger partial charge in [0.2, 0.25) is 5.91 Å². The standard InChI is InChI=1S/C13H26N2OS/c1-2-17-10-4-9-15-13(16)7-6-12-5-3-8-14-11-12/h12,14H,2-11H2,1H3,(H,15,16). The molecule has 1 amide bonds. The summed E-state index contributed by atoms with van der Waals surface area (Å²) in [5.74, 6) is 3.27. The largest absolute Gasteiger partial charge is 0.356 e. The third kappa shape index (κ3) is 7.66. The maximum Gasteiger partial charge on any atom is 0.220 e. The van der Waals surface area contributed by atoms with Crippen molar-refractivity contribution in [2.24, 2.45) is 5.92 Å². The molecule has 0 saturated carbocycles. The van der Waals surface area contributed by atoms with Gasteiger partial charge < -0.3 is 10.6 Å². The van der Waals surface area contributed by atoms with Crippen LogP contribution in [0.3, 0.4) is 0 Å². The molecule has 0 aliphatic carbocycles. The zero-order valence-electron chi connectivity index (χ0n) is 11.0. The van der Waals surface area contributed by atoms with Crippen LogP contribution in [0.4, 0.5) is 0 Å². The lowest BCUT2D eigenvalue weighted by molar-refractivity contribution is -0.121. The lowest BCUT2D eigenvalue weighted by Gasteiger charge is -2.22. The fourth-order valence-corrected chi connectivity index (χ4v) is 2.78. The second kappa shape index (κ2) is 9.77. The van der Waals surface area contributed by atoms with Crippen molar-refractivity contribution in [3.05, 3.63) is 0 Å². The highest BCUT2D eigenvalue weighted by atomic mass is 32.2. The van der Waals surface area contributed by atoms with Crippen molar-refractivity contribution in [1.29, 1.82) is 0 Å². The van der Waals surface area contributed by atoms with Gasteiger partial charge in [-0.2, -0.15) is 11.8 Å². The van der Waals surface area contributed by atoms with Crippen molar-refractivity contribution < 1.29 is 4.79 Å². The average Bonchev–Trinajstić information content (AvgIpc) is 2.37.